The highest BCUT2D eigenvalue weighted by molar-refractivity contribution is 5.83. The van der Waals surface area contributed by atoms with E-state index in [1.807, 2.05) is 13.8 Å². The molecule has 0 aliphatic heterocycles. The lowest BCUT2D eigenvalue weighted by Gasteiger charge is -2.17. The second kappa shape index (κ2) is 9.88. The summed E-state index contributed by atoms with van der Waals surface area (Å²) < 4.78 is 0. The lowest BCUT2D eigenvalue weighted by Crippen LogP contribution is -2.48. The van der Waals surface area contributed by atoms with Crippen molar-refractivity contribution in [1.29, 1.82) is 0 Å². The molecule has 0 aromatic rings. The van der Waals surface area contributed by atoms with E-state index >= 15 is 0 Å². The molecule has 5 nitrogen and oxygen atoms in total. The van der Waals surface area contributed by atoms with E-state index in [-0.39, 0.29) is 30.4 Å². The highest BCUT2D eigenvalue weighted by Crippen LogP contribution is 1.95. The van der Waals surface area contributed by atoms with Gasteiger partial charge in [-0.05, 0) is 26.7 Å². The van der Waals surface area contributed by atoms with Gasteiger partial charge in [-0.2, -0.15) is 0 Å². The largest absolute Gasteiger partial charge is 0.355 e. The molecule has 3 N–H and O–H groups in total. The Hall–Kier alpha value is -1.10. The van der Waals surface area contributed by atoms with Gasteiger partial charge in [-0.1, -0.05) is 20.3 Å². The van der Waals surface area contributed by atoms with E-state index in [0.717, 1.165) is 19.3 Å². The van der Waals surface area contributed by atoms with Gasteiger partial charge in [-0.3, -0.25) is 14.9 Å². The second-order valence-corrected chi connectivity index (χ2v) is 4.65. The molecular formula is C13H27N3O2. The summed E-state index contributed by atoms with van der Waals surface area (Å²) >= 11 is 0. The average molecular weight is 257 g/mol. The fraction of sp³-hybridized carbons (Fsp3) is 0.846. The summed E-state index contributed by atoms with van der Waals surface area (Å²) in [5.74, 6) is -0.127. The molecule has 2 amide bonds. The van der Waals surface area contributed by atoms with Gasteiger partial charge in [0.05, 0.1) is 12.6 Å². The monoisotopic (exact) mass is 257 g/mol. The van der Waals surface area contributed by atoms with Crippen LogP contribution in [0, 0.1) is 0 Å². The Bertz CT molecular complexity index is 257. The molecular weight excluding hydrogens is 230 g/mol. The lowest BCUT2D eigenvalue weighted by atomic mass is 10.2. The number of amides is 2. The van der Waals surface area contributed by atoms with Crippen molar-refractivity contribution >= 4 is 11.8 Å². The molecule has 106 valence electrons. The molecule has 0 aliphatic rings. The molecule has 0 radical (unpaired) electrons. The maximum atomic E-state index is 11.7. The topological polar surface area (TPSA) is 70.2 Å². The minimum atomic E-state index is -0.350. The van der Waals surface area contributed by atoms with Crippen LogP contribution in [0.25, 0.3) is 0 Å². The van der Waals surface area contributed by atoms with Crippen molar-refractivity contribution in [1.82, 2.24) is 16.0 Å². The van der Waals surface area contributed by atoms with Crippen molar-refractivity contribution in [3.63, 3.8) is 0 Å². The van der Waals surface area contributed by atoms with Crippen molar-refractivity contribution in [2.24, 2.45) is 0 Å². The number of carbonyl (C=O) groups excluding carboxylic acids is 2. The van der Waals surface area contributed by atoms with Crippen molar-refractivity contribution in [2.45, 2.75) is 59.0 Å². The molecule has 0 saturated carbocycles. The zero-order valence-electron chi connectivity index (χ0n) is 12.0. The predicted molar refractivity (Wildman–Crippen MR) is 73.3 cm³/mol. The molecule has 2 unspecified atom stereocenters. The molecule has 0 heterocycles. The van der Waals surface area contributed by atoms with Crippen LogP contribution in [0.4, 0.5) is 0 Å². The normalized spacial score (nSPS) is 13.8. The summed E-state index contributed by atoms with van der Waals surface area (Å²) in [6.45, 7) is 8.69. The summed E-state index contributed by atoms with van der Waals surface area (Å²) in [4.78, 5) is 23.1. The molecule has 5 heteroatoms. The fourth-order valence-corrected chi connectivity index (χ4v) is 1.54. The van der Waals surface area contributed by atoms with Crippen molar-refractivity contribution < 1.29 is 9.59 Å². The zero-order chi connectivity index (χ0) is 14.0. The Morgan fingerprint density at radius 3 is 2.33 bits per heavy atom. The van der Waals surface area contributed by atoms with Crippen LogP contribution < -0.4 is 16.0 Å². The number of rotatable bonds is 9. The lowest BCUT2D eigenvalue weighted by molar-refractivity contribution is -0.124. The third-order valence-electron chi connectivity index (χ3n) is 2.64. The van der Waals surface area contributed by atoms with Crippen LogP contribution in [0.2, 0.25) is 0 Å². The first-order valence-corrected chi connectivity index (χ1v) is 6.81. The Morgan fingerprint density at radius 2 is 1.78 bits per heavy atom. The van der Waals surface area contributed by atoms with E-state index < -0.39 is 0 Å². The maximum Gasteiger partial charge on any atom is 0.237 e. The summed E-state index contributed by atoms with van der Waals surface area (Å²) in [5, 5.41) is 8.58. The molecule has 0 fully saturated rings. The van der Waals surface area contributed by atoms with E-state index in [4.69, 9.17) is 0 Å². The van der Waals surface area contributed by atoms with Gasteiger partial charge in [0.15, 0.2) is 0 Å². The summed E-state index contributed by atoms with van der Waals surface area (Å²) in [5.41, 5.74) is 0. The molecule has 0 bridgehead atoms. The molecule has 2 atom stereocenters. The zero-order valence-corrected chi connectivity index (χ0v) is 12.0. The number of hydrogen-bond acceptors (Lipinski definition) is 3. The highest BCUT2D eigenvalue weighted by Gasteiger charge is 2.15. The van der Waals surface area contributed by atoms with Gasteiger partial charge in [-0.15, -0.1) is 0 Å². The van der Waals surface area contributed by atoms with Crippen LogP contribution in [0.1, 0.15) is 47.0 Å². The van der Waals surface area contributed by atoms with Gasteiger partial charge < -0.3 is 10.6 Å². The van der Waals surface area contributed by atoms with E-state index in [0.29, 0.717) is 6.54 Å². The number of nitrogens with one attached hydrogen (secondary N) is 3. The van der Waals surface area contributed by atoms with Crippen molar-refractivity contribution in [3.05, 3.63) is 0 Å². The molecule has 0 aromatic carbocycles. The predicted octanol–water partition coefficient (Wildman–Crippen LogP) is 0.796. The Morgan fingerprint density at radius 1 is 1.11 bits per heavy atom. The quantitative estimate of drug-likeness (QED) is 0.572. The number of hydrogen-bond donors (Lipinski definition) is 3. The van der Waals surface area contributed by atoms with Gasteiger partial charge in [0, 0.05) is 12.6 Å². The first-order valence-electron chi connectivity index (χ1n) is 6.81. The average Bonchev–Trinajstić information content (AvgIpc) is 2.33. The standard InChI is InChI=1S/C13H27N3O2/c1-5-7-10(3)16-13(18)11(4)15-9-12(17)14-8-6-2/h10-11,15H,5-9H2,1-4H3,(H,14,17)(H,16,18). The molecule has 0 rings (SSSR count). The maximum absolute atomic E-state index is 11.7. The van der Waals surface area contributed by atoms with Gasteiger partial charge >= 0.3 is 0 Å². The Kier molecular flexibility index (Phi) is 9.28. The van der Waals surface area contributed by atoms with Gasteiger partial charge in [0.2, 0.25) is 11.8 Å². The Balaban J connectivity index is 3.83. The van der Waals surface area contributed by atoms with Crippen LogP contribution in [-0.2, 0) is 9.59 Å². The molecule has 18 heavy (non-hydrogen) atoms. The summed E-state index contributed by atoms with van der Waals surface area (Å²) in [6, 6.07) is -0.169. The van der Waals surface area contributed by atoms with Crippen LogP contribution in [-0.4, -0.2) is 37.0 Å². The third kappa shape index (κ3) is 8.06. The molecule has 0 spiro atoms. The van der Waals surface area contributed by atoms with Crippen LogP contribution in [0.3, 0.4) is 0 Å². The minimum absolute atomic E-state index is 0.0563. The van der Waals surface area contributed by atoms with E-state index in [1.54, 1.807) is 6.92 Å². The smallest absolute Gasteiger partial charge is 0.237 e. The van der Waals surface area contributed by atoms with Crippen LogP contribution in [0.5, 0.6) is 0 Å². The second-order valence-electron chi connectivity index (χ2n) is 4.65. The first kappa shape index (κ1) is 16.9. The highest BCUT2D eigenvalue weighted by atomic mass is 16.2. The third-order valence-corrected chi connectivity index (χ3v) is 2.64. The number of carbonyl (C=O) groups is 2. The fourth-order valence-electron chi connectivity index (χ4n) is 1.54. The van der Waals surface area contributed by atoms with E-state index in [1.165, 1.54) is 0 Å². The van der Waals surface area contributed by atoms with Crippen LogP contribution >= 0.6 is 0 Å². The van der Waals surface area contributed by atoms with Crippen LogP contribution in [0.15, 0.2) is 0 Å². The van der Waals surface area contributed by atoms with Crippen molar-refractivity contribution in [2.75, 3.05) is 13.1 Å². The molecule has 0 aliphatic carbocycles. The van der Waals surface area contributed by atoms with Gasteiger partial charge in [-0.25, -0.2) is 0 Å². The first-order chi connectivity index (χ1) is 8.51. The van der Waals surface area contributed by atoms with Gasteiger partial charge in [0.25, 0.3) is 0 Å². The van der Waals surface area contributed by atoms with Crippen molar-refractivity contribution in [3.8, 4) is 0 Å². The SMILES string of the molecule is CCCNC(=O)CNC(C)C(=O)NC(C)CCC. The van der Waals surface area contributed by atoms with E-state index in [9.17, 15) is 9.59 Å². The summed E-state index contributed by atoms with van der Waals surface area (Å²) in [6.07, 6.45) is 2.93. The Labute approximate surface area is 110 Å². The molecule has 0 aromatic heterocycles. The van der Waals surface area contributed by atoms with Gasteiger partial charge in [0.1, 0.15) is 0 Å². The minimum Gasteiger partial charge on any atom is -0.355 e. The molecule has 0 saturated heterocycles. The summed E-state index contributed by atoms with van der Waals surface area (Å²) in [7, 11) is 0. The van der Waals surface area contributed by atoms with E-state index in [2.05, 4.69) is 22.9 Å².